The molecule has 0 amide bonds. The van der Waals surface area contributed by atoms with E-state index in [0.717, 1.165) is 17.7 Å². The Bertz CT molecular complexity index is 652. The van der Waals surface area contributed by atoms with Crippen molar-refractivity contribution >= 4 is 11.6 Å². The summed E-state index contributed by atoms with van der Waals surface area (Å²) in [6.45, 7) is 9.10. The zero-order valence-corrected chi connectivity index (χ0v) is 13.7. The van der Waals surface area contributed by atoms with Crippen LogP contribution >= 0.6 is 11.6 Å². The Hall–Kier alpha value is -1.38. The van der Waals surface area contributed by atoms with E-state index in [4.69, 9.17) is 11.6 Å². The van der Waals surface area contributed by atoms with Crippen molar-refractivity contribution in [1.82, 2.24) is 5.32 Å². The molecule has 0 bridgehead atoms. The molecule has 112 valence electrons. The average Bonchev–Trinajstić information content (AvgIpc) is 2.44. The summed E-state index contributed by atoms with van der Waals surface area (Å²) in [6, 6.07) is 9.21. The van der Waals surface area contributed by atoms with Crippen LogP contribution in [0.1, 0.15) is 40.8 Å². The monoisotopic (exact) mass is 305 g/mol. The van der Waals surface area contributed by atoms with Crippen LogP contribution in [0.3, 0.4) is 0 Å². The number of hydrogen-bond donors (Lipinski definition) is 1. The van der Waals surface area contributed by atoms with Gasteiger partial charge in [0.15, 0.2) is 0 Å². The van der Waals surface area contributed by atoms with Crippen molar-refractivity contribution in [2.75, 3.05) is 6.54 Å². The number of benzene rings is 2. The number of rotatable bonds is 4. The molecule has 0 saturated carbocycles. The molecule has 0 fully saturated rings. The maximum Gasteiger partial charge on any atom is 0.142 e. The van der Waals surface area contributed by atoms with Crippen molar-refractivity contribution in [1.29, 1.82) is 0 Å². The fraction of sp³-hybridized carbons (Fsp3) is 0.333. The molecular weight excluding hydrogens is 285 g/mol. The predicted molar refractivity (Wildman–Crippen MR) is 87.6 cm³/mol. The van der Waals surface area contributed by atoms with Crippen LogP contribution in [-0.4, -0.2) is 6.54 Å². The van der Waals surface area contributed by atoms with E-state index in [1.165, 1.54) is 22.8 Å². The van der Waals surface area contributed by atoms with E-state index in [0.29, 0.717) is 0 Å². The highest BCUT2D eigenvalue weighted by atomic mass is 35.5. The van der Waals surface area contributed by atoms with Crippen molar-refractivity contribution in [3.63, 3.8) is 0 Å². The molecule has 1 nitrogen and oxygen atoms in total. The number of nitrogens with one attached hydrogen (secondary N) is 1. The first-order valence-electron chi connectivity index (χ1n) is 7.20. The van der Waals surface area contributed by atoms with Gasteiger partial charge < -0.3 is 5.32 Å². The van der Waals surface area contributed by atoms with Crippen LogP contribution in [0.2, 0.25) is 5.02 Å². The molecule has 2 aromatic rings. The van der Waals surface area contributed by atoms with E-state index < -0.39 is 0 Å². The van der Waals surface area contributed by atoms with Gasteiger partial charge in [-0.15, -0.1) is 0 Å². The minimum Gasteiger partial charge on any atom is -0.306 e. The first-order valence-corrected chi connectivity index (χ1v) is 7.58. The topological polar surface area (TPSA) is 12.0 Å². The molecule has 21 heavy (non-hydrogen) atoms. The van der Waals surface area contributed by atoms with Crippen molar-refractivity contribution in [2.45, 2.75) is 33.7 Å². The highest BCUT2D eigenvalue weighted by Gasteiger charge is 2.20. The second kappa shape index (κ2) is 6.59. The molecule has 2 aromatic carbocycles. The molecule has 1 N–H and O–H groups in total. The van der Waals surface area contributed by atoms with Gasteiger partial charge in [0.05, 0.1) is 11.1 Å². The Kier molecular flexibility index (Phi) is 5.02. The molecule has 1 unspecified atom stereocenters. The highest BCUT2D eigenvalue weighted by molar-refractivity contribution is 6.31. The van der Waals surface area contributed by atoms with Gasteiger partial charge in [-0.1, -0.05) is 42.8 Å². The van der Waals surface area contributed by atoms with E-state index in [9.17, 15) is 4.39 Å². The molecule has 3 heteroatoms. The van der Waals surface area contributed by atoms with E-state index >= 15 is 0 Å². The fourth-order valence-corrected chi connectivity index (χ4v) is 2.86. The summed E-state index contributed by atoms with van der Waals surface area (Å²) in [5, 5.41) is 3.62. The molecule has 0 aliphatic heterocycles. The first kappa shape index (κ1) is 16.0. The summed E-state index contributed by atoms with van der Waals surface area (Å²) in [4.78, 5) is 0. The van der Waals surface area contributed by atoms with Gasteiger partial charge in [-0.25, -0.2) is 4.39 Å². The van der Waals surface area contributed by atoms with Gasteiger partial charge in [-0.3, -0.25) is 0 Å². The first-order chi connectivity index (χ1) is 9.95. The Balaban J connectivity index is 2.59. The standard InChI is InChI=1S/C18H21ClFN/c1-5-21-18(14-7-6-8-16(20)17(14)19)15-10-12(3)11(2)9-13(15)4/h6-10,18,21H,5H2,1-4H3. The smallest absolute Gasteiger partial charge is 0.142 e. The SMILES string of the molecule is CCNC(c1cc(C)c(C)cc1C)c1cccc(F)c1Cl. The number of hydrogen-bond acceptors (Lipinski definition) is 1. The maximum atomic E-state index is 13.8. The van der Waals surface area contributed by atoms with Crippen LogP contribution in [0.4, 0.5) is 4.39 Å². The Morgan fingerprint density at radius 1 is 1.05 bits per heavy atom. The zero-order chi connectivity index (χ0) is 15.6. The fourth-order valence-electron chi connectivity index (χ4n) is 2.63. The van der Waals surface area contributed by atoms with Crippen molar-refractivity contribution < 1.29 is 4.39 Å². The van der Waals surface area contributed by atoms with Gasteiger partial charge >= 0.3 is 0 Å². The minimum absolute atomic E-state index is 0.0995. The second-order valence-corrected chi connectivity index (χ2v) is 5.80. The quantitative estimate of drug-likeness (QED) is 0.828. The minimum atomic E-state index is -0.376. The molecule has 0 aromatic heterocycles. The lowest BCUT2D eigenvalue weighted by molar-refractivity contribution is 0.602. The van der Waals surface area contributed by atoms with Gasteiger partial charge in [0.1, 0.15) is 5.82 Å². The molecule has 0 aliphatic carbocycles. The van der Waals surface area contributed by atoms with Gasteiger partial charge in [0, 0.05) is 0 Å². The Labute approximate surface area is 131 Å². The van der Waals surface area contributed by atoms with Crippen molar-refractivity contribution in [2.24, 2.45) is 0 Å². The molecule has 0 spiro atoms. The summed E-state index contributed by atoms with van der Waals surface area (Å²) in [6.07, 6.45) is 0. The van der Waals surface area contributed by atoms with Gasteiger partial charge in [-0.2, -0.15) is 0 Å². The number of aryl methyl sites for hydroxylation is 3. The van der Waals surface area contributed by atoms with E-state index in [-0.39, 0.29) is 16.9 Å². The predicted octanol–water partition coefficient (Wildman–Crippen LogP) is 5.10. The molecule has 2 rings (SSSR count). The van der Waals surface area contributed by atoms with Crippen LogP contribution in [0.15, 0.2) is 30.3 Å². The van der Waals surface area contributed by atoms with Crippen LogP contribution in [-0.2, 0) is 0 Å². The van der Waals surface area contributed by atoms with E-state index in [1.807, 2.05) is 13.0 Å². The Morgan fingerprint density at radius 3 is 2.38 bits per heavy atom. The van der Waals surface area contributed by atoms with Crippen LogP contribution in [0.25, 0.3) is 0 Å². The lowest BCUT2D eigenvalue weighted by Gasteiger charge is -2.23. The van der Waals surface area contributed by atoms with Gasteiger partial charge in [0.25, 0.3) is 0 Å². The summed E-state index contributed by atoms with van der Waals surface area (Å²) in [5.74, 6) is -0.376. The lowest BCUT2D eigenvalue weighted by Crippen LogP contribution is -2.23. The zero-order valence-electron chi connectivity index (χ0n) is 12.9. The summed E-state index contributed by atoms with van der Waals surface area (Å²) >= 11 is 6.18. The van der Waals surface area contributed by atoms with Crippen molar-refractivity contribution in [3.8, 4) is 0 Å². The second-order valence-electron chi connectivity index (χ2n) is 5.43. The highest BCUT2D eigenvalue weighted by Crippen LogP contribution is 2.32. The summed E-state index contributed by atoms with van der Waals surface area (Å²) < 4.78 is 13.8. The molecule has 0 aliphatic rings. The largest absolute Gasteiger partial charge is 0.306 e. The third-order valence-corrected chi connectivity index (χ3v) is 4.29. The molecule has 0 radical (unpaired) electrons. The average molecular weight is 306 g/mol. The van der Waals surface area contributed by atoms with Gasteiger partial charge in [-0.05, 0) is 61.2 Å². The third kappa shape index (κ3) is 3.28. The van der Waals surface area contributed by atoms with E-state index in [1.54, 1.807) is 6.07 Å². The molecule has 0 heterocycles. The van der Waals surface area contributed by atoms with Crippen LogP contribution in [0, 0.1) is 26.6 Å². The van der Waals surface area contributed by atoms with Gasteiger partial charge in [0.2, 0.25) is 0 Å². The molecule has 0 saturated heterocycles. The molecule has 1 atom stereocenters. The number of halogens is 2. The maximum absolute atomic E-state index is 13.8. The summed E-state index contributed by atoms with van der Waals surface area (Å²) in [5.41, 5.74) is 5.60. The van der Waals surface area contributed by atoms with Crippen molar-refractivity contribution in [3.05, 3.63) is 69.0 Å². The summed E-state index contributed by atoms with van der Waals surface area (Å²) in [7, 11) is 0. The normalized spacial score (nSPS) is 12.5. The third-order valence-electron chi connectivity index (χ3n) is 3.89. The van der Waals surface area contributed by atoms with E-state index in [2.05, 4.69) is 38.2 Å². The van der Waals surface area contributed by atoms with Crippen LogP contribution < -0.4 is 5.32 Å². The van der Waals surface area contributed by atoms with Crippen LogP contribution in [0.5, 0.6) is 0 Å². The lowest BCUT2D eigenvalue weighted by atomic mass is 9.91. The molecular formula is C18H21ClFN. The Morgan fingerprint density at radius 2 is 1.71 bits per heavy atom.